The Kier molecular flexibility index (Phi) is 4.89. The molecule has 3 aliphatic rings. The van der Waals surface area contributed by atoms with Gasteiger partial charge in [-0.15, -0.1) is 0 Å². The molecule has 2 bridgehead atoms. The molecule has 2 aromatic heterocycles. The highest BCUT2D eigenvalue weighted by atomic mass is 19.2. The second kappa shape index (κ2) is 7.85. The molecular formula is C25H23F3N4O2. The number of halogens is 3. The summed E-state index contributed by atoms with van der Waals surface area (Å²) >= 11 is 0. The Bertz CT molecular complexity index is 1300. The number of nitrogens with zero attached hydrogens (tertiary/aromatic N) is 4. The van der Waals surface area contributed by atoms with Gasteiger partial charge in [0.15, 0.2) is 17.5 Å². The van der Waals surface area contributed by atoms with E-state index in [1.165, 1.54) is 0 Å². The van der Waals surface area contributed by atoms with Crippen LogP contribution in [0.2, 0.25) is 0 Å². The molecule has 1 fully saturated rings. The SMILES string of the molecule is Cn1nc2c(c1-c1cc(F)c(F)c(F)c1)C[C@H]1CCC[C@H]2N1C(=O)c1cnc2c(c1)OCCC2. The first-order valence-electron chi connectivity index (χ1n) is 11.6. The Balaban J connectivity index is 1.40. The van der Waals surface area contributed by atoms with Crippen LogP contribution in [0, 0.1) is 17.5 Å². The Labute approximate surface area is 194 Å². The lowest BCUT2D eigenvalue weighted by atomic mass is 9.81. The molecule has 1 saturated heterocycles. The quantitative estimate of drug-likeness (QED) is 0.519. The van der Waals surface area contributed by atoms with E-state index in [1.807, 2.05) is 4.90 Å². The lowest BCUT2D eigenvalue weighted by Gasteiger charge is -2.45. The van der Waals surface area contributed by atoms with Crippen molar-refractivity contribution in [3.05, 3.63) is 64.4 Å². The predicted octanol–water partition coefficient (Wildman–Crippen LogP) is 4.52. The number of amides is 1. The average Bonchev–Trinajstić information content (AvgIpc) is 3.16. The first kappa shape index (κ1) is 21.2. The number of rotatable bonds is 2. The molecule has 0 spiro atoms. The average molecular weight is 468 g/mol. The van der Waals surface area contributed by atoms with Crippen molar-refractivity contribution in [1.82, 2.24) is 19.7 Å². The molecule has 3 aliphatic heterocycles. The van der Waals surface area contributed by atoms with Crippen LogP contribution in [0.1, 0.15) is 59.0 Å². The third kappa shape index (κ3) is 3.20. The molecule has 6 nitrogen and oxygen atoms in total. The molecule has 0 radical (unpaired) electrons. The second-order valence-corrected chi connectivity index (χ2v) is 9.23. The molecule has 34 heavy (non-hydrogen) atoms. The topological polar surface area (TPSA) is 60.2 Å². The monoisotopic (exact) mass is 468 g/mol. The number of pyridine rings is 1. The molecule has 0 saturated carbocycles. The summed E-state index contributed by atoms with van der Waals surface area (Å²) in [6.07, 6.45) is 6.39. The summed E-state index contributed by atoms with van der Waals surface area (Å²) in [5, 5.41) is 4.67. The standard InChI is InChI=1S/C25H23F3N4O2/c1-31-24(13-8-17(26)22(28)18(27)9-13)16-11-15-4-2-6-20(23(16)30-31)32(15)25(33)14-10-21-19(29-12-14)5-3-7-34-21/h8-10,12,15,20H,2-7,11H2,1H3/t15-,20-/m1/s1. The number of hydrogen-bond acceptors (Lipinski definition) is 4. The lowest BCUT2D eigenvalue weighted by molar-refractivity contribution is 0.0391. The summed E-state index contributed by atoms with van der Waals surface area (Å²) in [7, 11) is 1.70. The fourth-order valence-electron chi connectivity index (χ4n) is 5.68. The van der Waals surface area contributed by atoms with Crippen LogP contribution in [0.5, 0.6) is 5.75 Å². The van der Waals surface area contributed by atoms with E-state index in [-0.39, 0.29) is 23.6 Å². The summed E-state index contributed by atoms with van der Waals surface area (Å²) in [5.74, 6) is -3.41. The summed E-state index contributed by atoms with van der Waals surface area (Å²) in [5.41, 5.74) is 3.74. The third-order valence-corrected chi connectivity index (χ3v) is 7.16. The molecule has 9 heteroatoms. The van der Waals surface area contributed by atoms with E-state index in [2.05, 4.69) is 10.1 Å². The Morgan fingerprint density at radius 1 is 1.12 bits per heavy atom. The summed E-state index contributed by atoms with van der Waals surface area (Å²) < 4.78 is 48.8. The normalized spacial score (nSPS) is 21.0. The highest BCUT2D eigenvalue weighted by Gasteiger charge is 2.43. The second-order valence-electron chi connectivity index (χ2n) is 9.23. The molecule has 176 valence electrons. The molecule has 5 heterocycles. The van der Waals surface area contributed by atoms with E-state index in [0.717, 1.165) is 61.2 Å². The number of benzene rings is 1. The number of carbonyl (C=O) groups is 1. The number of fused-ring (bicyclic) bond motifs is 5. The number of carbonyl (C=O) groups excluding carboxylic acids is 1. The number of hydrogen-bond donors (Lipinski definition) is 0. The van der Waals surface area contributed by atoms with E-state index in [0.29, 0.717) is 30.0 Å². The van der Waals surface area contributed by atoms with E-state index < -0.39 is 17.5 Å². The zero-order valence-corrected chi connectivity index (χ0v) is 18.7. The van der Waals surface area contributed by atoms with Gasteiger partial charge in [-0.2, -0.15) is 5.10 Å². The fraction of sp³-hybridized carbons (Fsp3) is 0.400. The predicted molar refractivity (Wildman–Crippen MR) is 117 cm³/mol. The maximum atomic E-state index is 14.0. The maximum absolute atomic E-state index is 14.0. The van der Waals surface area contributed by atoms with Crippen LogP contribution in [0.25, 0.3) is 11.3 Å². The molecule has 1 aromatic carbocycles. The molecule has 0 unspecified atom stereocenters. The molecule has 3 aromatic rings. The van der Waals surface area contributed by atoms with Crippen LogP contribution < -0.4 is 4.74 Å². The van der Waals surface area contributed by atoms with Gasteiger partial charge in [-0.25, -0.2) is 13.2 Å². The molecule has 6 rings (SSSR count). The highest BCUT2D eigenvalue weighted by Crippen LogP contribution is 2.45. The van der Waals surface area contributed by atoms with Crippen LogP contribution in [0.15, 0.2) is 24.4 Å². The Morgan fingerprint density at radius 2 is 1.91 bits per heavy atom. The van der Waals surface area contributed by atoms with Gasteiger partial charge in [0.1, 0.15) is 5.75 Å². The maximum Gasteiger partial charge on any atom is 0.256 e. The largest absolute Gasteiger partial charge is 0.492 e. The zero-order valence-electron chi connectivity index (χ0n) is 18.7. The minimum absolute atomic E-state index is 0.0752. The van der Waals surface area contributed by atoms with Gasteiger partial charge in [0.2, 0.25) is 0 Å². The van der Waals surface area contributed by atoms with Gasteiger partial charge in [-0.1, -0.05) is 0 Å². The van der Waals surface area contributed by atoms with Gasteiger partial charge in [0, 0.05) is 30.4 Å². The molecule has 1 amide bonds. The van der Waals surface area contributed by atoms with Crippen molar-refractivity contribution in [2.45, 2.75) is 50.6 Å². The van der Waals surface area contributed by atoms with Gasteiger partial charge in [-0.3, -0.25) is 14.5 Å². The van der Waals surface area contributed by atoms with Crippen molar-refractivity contribution in [3.8, 4) is 17.0 Å². The van der Waals surface area contributed by atoms with Crippen molar-refractivity contribution >= 4 is 5.91 Å². The van der Waals surface area contributed by atoms with Crippen LogP contribution in [-0.2, 0) is 19.9 Å². The van der Waals surface area contributed by atoms with Gasteiger partial charge in [0.25, 0.3) is 5.91 Å². The minimum atomic E-state index is -1.49. The third-order valence-electron chi connectivity index (χ3n) is 7.16. The van der Waals surface area contributed by atoms with Crippen LogP contribution >= 0.6 is 0 Å². The van der Waals surface area contributed by atoms with Crippen LogP contribution in [-0.4, -0.2) is 38.2 Å². The Hall–Kier alpha value is -3.36. The van der Waals surface area contributed by atoms with Crippen molar-refractivity contribution < 1.29 is 22.7 Å². The van der Waals surface area contributed by atoms with Crippen molar-refractivity contribution in [2.75, 3.05) is 6.61 Å². The number of ether oxygens (including phenoxy) is 1. The number of aryl methyl sites for hydroxylation is 2. The molecule has 2 atom stereocenters. The first-order valence-corrected chi connectivity index (χ1v) is 11.6. The van der Waals surface area contributed by atoms with Crippen molar-refractivity contribution in [2.24, 2.45) is 7.05 Å². The number of aromatic nitrogens is 3. The van der Waals surface area contributed by atoms with Crippen LogP contribution in [0.3, 0.4) is 0 Å². The highest BCUT2D eigenvalue weighted by molar-refractivity contribution is 5.95. The van der Waals surface area contributed by atoms with Gasteiger partial charge in [-0.05, 0) is 56.7 Å². The summed E-state index contributed by atoms with van der Waals surface area (Å²) in [4.78, 5) is 20.0. The van der Waals surface area contributed by atoms with Gasteiger partial charge >= 0.3 is 0 Å². The molecule has 0 N–H and O–H groups in total. The summed E-state index contributed by atoms with van der Waals surface area (Å²) in [6.45, 7) is 0.617. The van der Waals surface area contributed by atoms with Gasteiger partial charge in [0.05, 0.1) is 35.3 Å². The number of piperidine rings is 1. The fourth-order valence-corrected chi connectivity index (χ4v) is 5.68. The van der Waals surface area contributed by atoms with E-state index in [4.69, 9.17) is 4.74 Å². The van der Waals surface area contributed by atoms with E-state index >= 15 is 0 Å². The molecular weight excluding hydrogens is 445 g/mol. The van der Waals surface area contributed by atoms with Crippen molar-refractivity contribution in [3.63, 3.8) is 0 Å². The zero-order chi connectivity index (χ0) is 23.6. The summed E-state index contributed by atoms with van der Waals surface area (Å²) in [6, 6.07) is 3.46. The van der Waals surface area contributed by atoms with E-state index in [1.54, 1.807) is 24.0 Å². The smallest absolute Gasteiger partial charge is 0.256 e. The minimum Gasteiger partial charge on any atom is -0.492 e. The van der Waals surface area contributed by atoms with Gasteiger partial charge < -0.3 is 9.64 Å². The first-order chi connectivity index (χ1) is 16.4. The van der Waals surface area contributed by atoms with E-state index in [9.17, 15) is 18.0 Å². The lowest BCUT2D eigenvalue weighted by Crippen LogP contribution is -2.49. The van der Waals surface area contributed by atoms with Crippen LogP contribution in [0.4, 0.5) is 13.2 Å². The molecule has 0 aliphatic carbocycles. The van der Waals surface area contributed by atoms with Crippen molar-refractivity contribution in [1.29, 1.82) is 0 Å². The Morgan fingerprint density at radius 3 is 2.71 bits per heavy atom.